The molecule has 0 bridgehead atoms. The quantitative estimate of drug-likeness (QED) is 0.557. The highest BCUT2D eigenvalue weighted by atomic mass is 16.6. The summed E-state index contributed by atoms with van der Waals surface area (Å²) in [5.41, 5.74) is 0.747. The molecule has 0 unspecified atom stereocenters. The van der Waals surface area contributed by atoms with Gasteiger partial charge in [-0.3, -0.25) is 10.1 Å². The van der Waals surface area contributed by atoms with E-state index in [1.807, 2.05) is 0 Å². The Kier molecular flexibility index (Phi) is 6.79. The van der Waals surface area contributed by atoms with Crippen LogP contribution in [0.4, 0.5) is 11.4 Å². The van der Waals surface area contributed by atoms with Crippen molar-refractivity contribution in [3.05, 3.63) is 28.3 Å². The number of hydrogen-bond donors (Lipinski definition) is 1. The molecule has 0 fully saturated rings. The van der Waals surface area contributed by atoms with E-state index in [1.165, 1.54) is 19.2 Å². The zero-order valence-electron chi connectivity index (χ0n) is 12.4. The van der Waals surface area contributed by atoms with E-state index in [0.29, 0.717) is 11.4 Å². The van der Waals surface area contributed by atoms with E-state index in [2.05, 4.69) is 24.1 Å². The number of benzene rings is 1. The second kappa shape index (κ2) is 8.37. The second-order valence-corrected chi connectivity index (χ2v) is 4.54. The van der Waals surface area contributed by atoms with Gasteiger partial charge in [0.15, 0.2) is 0 Å². The Morgan fingerprint density at radius 1 is 1.30 bits per heavy atom. The van der Waals surface area contributed by atoms with Gasteiger partial charge in [0.25, 0.3) is 5.69 Å². The molecule has 0 saturated heterocycles. The second-order valence-electron chi connectivity index (χ2n) is 4.54. The summed E-state index contributed by atoms with van der Waals surface area (Å²) < 4.78 is 5.08. The van der Waals surface area contributed by atoms with Crippen LogP contribution >= 0.6 is 0 Å². The molecule has 6 nitrogen and oxygen atoms in total. The first kappa shape index (κ1) is 16.2. The van der Waals surface area contributed by atoms with E-state index in [9.17, 15) is 10.1 Å². The van der Waals surface area contributed by atoms with Crippen LogP contribution in [0.15, 0.2) is 18.2 Å². The lowest BCUT2D eigenvalue weighted by atomic mass is 10.2. The van der Waals surface area contributed by atoms with Crippen LogP contribution in [-0.4, -0.2) is 43.1 Å². The summed E-state index contributed by atoms with van der Waals surface area (Å²) in [5.74, 6) is 0.489. The Balaban J connectivity index is 2.62. The van der Waals surface area contributed by atoms with E-state index in [1.54, 1.807) is 6.07 Å². The van der Waals surface area contributed by atoms with Gasteiger partial charge in [-0.15, -0.1) is 0 Å². The van der Waals surface area contributed by atoms with Gasteiger partial charge < -0.3 is 15.0 Å². The number of rotatable bonds is 9. The molecule has 0 radical (unpaired) electrons. The summed E-state index contributed by atoms with van der Waals surface area (Å²) in [6, 6.07) is 4.71. The third-order valence-corrected chi connectivity index (χ3v) is 3.08. The zero-order valence-corrected chi connectivity index (χ0v) is 12.4. The molecular weight excluding hydrogens is 258 g/mol. The standard InChI is InChI=1S/C14H23N3O3/c1-4-7-16(5-2)8-6-15-12-9-13(17(18)19)11-14(10-12)20-3/h9-11,15H,4-8H2,1-3H3. The van der Waals surface area contributed by atoms with E-state index < -0.39 is 4.92 Å². The molecule has 1 aromatic rings. The Bertz CT molecular complexity index is 438. The molecule has 0 aliphatic heterocycles. The molecule has 0 spiro atoms. The minimum Gasteiger partial charge on any atom is -0.496 e. The molecule has 0 atom stereocenters. The first-order valence-corrected chi connectivity index (χ1v) is 6.90. The maximum atomic E-state index is 10.8. The maximum Gasteiger partial charge on any atom is 0.275 e. The van der Waals surface area contributed by atoms with Crippen molar-refractivity contribution < 1.29 is 9.66 Å². The van der Waals surface area contributed by atoms with Crippen LogP contribution in [0.2, 0.25) is 0 Å². The summed E-state index contributed by atoms with van der Waals surface area (Å²) in [6.07, 6.45) is 1.12. The van der Waals surface area contributed by atoms with E-state index in [4.69, 9.17) is 4.74 Å². The van der Waals surface area contributed by atoms with Gasteiger partial charge in [0.1, 0.15) is 5.75 Å². The van der Waals surface area contributed by atoms with E-state index in [0.717, 1.165) is 32.6 Å². The number of methoxy groups -OCH3 is 1. The van der Waals surface area contributed by atoms with Gasteiger partial charge in [0.05, 0.1) is 18.1 Å². The van der Waals surface area contributed by atoms with Crippen LogP contribution in [0.1, 0.15) is 20.3 Å². The van der Waals surface area contributed by atoms with Gasteiger partial charge in [0.2, 0.25) is 0 Å². The van der Waals surface area contributed by atoms with Gasteiger partial charge in [-0.05, 0) is 19.5 Å². The number of likely N-dealkylation sites (N-methyl/N-ethyl adjacent to an activating group) is 1. The third-order valence-electron chi connectivity index (χ3n) is 3.08. The average Bonchev–Trinajstić information content (AvgIpc) is 2.45. The van der Waals surface area contributed by atoms with Crippen molar-refractivity contribution in [1.82, 2.24) is 4.90 Å². The van der Waals surface area contributed by atoms with E-state index in [-0.39, 0.29) is 5.69 Å². The molecule has 0 saturated carbocycles. The number of ether oxygens (including phenoxy) is 1. The van der Waals surface area contributed by atoms with Crippen LogP contribution in [0, 0.1) is 10.1 Å². The lowest BCUT2D eigenvalue weighted by molar-refractivity contribution is -0.384. The monoisotopic (exact) mass is 281 g/mol. The molecule has 0 aromatic heterocycles. The van der Waals surface area contributed by atoms with Gasteiger partial charge in [-0.2, -0.15) is 0 Å². The van der Waals surface area contributed by atoms with Crippen LogP contribution in [0.3, 0.4) is 0 Å². The SMILES string of the molecule is CCCN(CC)CCNc1cc(OC)cc([N+](=O)[O-])c1. The fourth-order valence-electron chi connectivity index (χ4n) is 2.01. The number of anilines is 1. The number of nitro benzene ring substituents is 1. The van der Waals surface area contributed by atoms with E-state index >= 15 is 0 Å². The fourth-order valence-corrected chi connectivity index (χ4v) is 2.01. The third kappa shape index (κ3) is 5.05. The Hall–Kier alpha value is -1.82. The lowest BCUT2D eigenvalue weighted by Gasteiger charge is -2.19. The number of hydrogen-bond acceptors (Lipinski definition) is 5. The molecule has 1 aromatic carbocycles. The Morgan fingerprint density at radius 2 is 2.05 bits per heavy atom. The summed E-state index contributed by atoms with van der Waals surface area (Å²) in [5, 5.41) is 14.1. The molecule has 6 heteroatoms. The largest absolute Gasteiger partial charge is 0.496 e. The number of non-ortho nitro benzene ring substituents is 1. The highest BCUT2D eigenvalue weighted by Gasteiger charge is 2.10. The summed E-state index contributed by atoms with van der Waals surface area (Å²) >= 11 is 0. The molecule has 112 valence electrons. The van der Waals surface area contributed by atoms with Crippen molar-refractivity contribution in [1.29, 1.82) is 0 Å². The van der Waals surface area contributed by atoms with Gasteiger partial charge in [-0.1, -0.05) is 13.8 Å². The predicted molar refractivity (Wildman–Crippen MR) is 80.5 cm³/mol. The Morgan fingerprint density at radius 3 is 2.60 bits per heavy atom. The van der Waals surface area contributed by atoms with Crippen LogP contribution < -0.4 is 10.1 Å². The fraction of sp³-hybridized carbons (Fsp3) is 0.571. The Labute approximate surface area is 119 Å². The minimum atomic E-state index is -0.414. The van der Waals surface area contributed by atoms with Crippen molar-refractivity contribution in [2.45, 2.75) is 20.3 Å². The number of nitro groups is 1. The number of nitrogens with one attached hydrogen (secondary N) is 1. The highest BCUT2D eigenvalue weighted by Crippen LogP contribution is 2.25. The number of nitrogens with zero attached hydrogens (tertiary/aromatic N) is 2. The van der Waals surface area contributed by atoms with Gasteiger partial charge in [-0.25, -0.2) is 0 Å². The van der Waals surface area contributed by atoms with Crippen molar-refractivity contribution >= 4 is 11.4 Å². The van der Waals surface area contributed by atoms with Crippen molar-refractivity contribution in [3.8, 4) is 5.75 Å². The first-order chi connectivity index (χ1) is 9.60. The molecule has 1 N–H and O–H groups in total. The molecule has 0 amide bonds. The minimum absolute atomic E-state index is 0.0350. The normalized spacial score (nSPS) is 10.6. The van der Waals surface area contributed by atoms with Crippen LogP contribution in [-0.2, 0) is 0 Å². The topological polar surface area (TPSA) is 67.6 Å². The zero-order chi connectivity index (χ0) is 15.0. The van der Waals surface area contributed by atoms with Crippen molar-refractivity contribution in [2.75, 3.05) is 38.6 Å². The smallest absolute Gasteiger partial charge is 0.275 e. The van der Waals surface area contributed by atoms with Gasteiger partial charge in [0, 0.05) is 30.9 Å². The molecule has 1 rings (SSSR count). The highest BCUT2D eigenvalue weighted by molar-refractivity contribution is 5.56. The van der Waals surface area contributed by atoms with Crippen LogP contribution in [0.25, 0.3) is 0 Å². The van der Waals surface area contributed by atoms with Gasteiger partial charge >= 0.3 is 0 Å². The van der Waals surface area contributed by atoms with Crippen molar-refractivity contribution in [3.63, 3.8) is 0 Å². The van der Waals surface area contributed by atoms with Crippen LogP contribution in [0.5, 0.6) is 5.75 Å². The molecule has 0 aliphatic rings. The molecular formula is C14H23N3O3. The maximum absolute atomic E-state index is 10.8. The summed E-state index contributed by atoms with van der Waals surface area (Å²) in [7, 11) is 1.50. The lowest BCUT2D eigenvalue weighted by Crippen LogP contribution is -2.29. The average molecular weight is 281 g/mol. The summed E-state index contributed by atoms with van der Waals surface area (Å²) in [6.45, 7) is 8.02. The molecule has 20 heavy (non-hydrogen) atoms. The molecule has 0 heterocycles. The van der Waals surface area contributed by atoms with Crippen molar-refractivity contribution in [2.24, 2.45) is 0 Å². The summed E-state index contributed by atoms with van der Waals surface area (Å²) in [4.78, 5) is 12.8. The first-order valence-electron chi connectivity index (χ1n) is 6.90. The predicted octanol–water partition coefficient (Wildman–Crippen LogP) is 2.75. The molecule has 0 aliphatic carbocycles.